The molecule has 17 heavy (non-hydrogen) atoms. The maximum Gasteiger partial charge on any atom is 0.246 e. The van der Waals surface area contributed by atoms with E-state index in [1.165, 1.54) is 11.2 Å². The van der Waals surface area contributed by atoms with Crippen molar-refractivity contribution in [1.82, 2.24) is 15.4 Å². The third kappa shape index (κ3) is 2.52. The second kappa shape index (κ2) is 5.09. The van der Waals surface area contributed by atoms with E-state index in [1.807, 2.05) is 6.92 Å². The summed E-state index contributed by atoms with van der Waals surface area (Å²) in [6.07, 6.45) is 2.49. The van der Waals surface area contributed by atoms with E-state index in [-0.39, 0.29) is 18.2 Å². The van der Waals surface area contributed by atoms with Crippen molar-refractivity contribution in [3.8, 4) is 0 Å². The van der Waals surface area contributed by atoms with E-state index in [4.69, 9.17) is 0 Å². The van der Waals surface area contributed by atoms with Crippen molar-refractivity contribution in [2.45, 2.75) is 32.4 Å². The molecule has 1 fully saturated rings. The van der Waals surface area contributed by atoms with Crippen LogP contribution in [0, 0.1) is 0 Å². The topological polar surface area (TPSA) is 75.4 Å². The van der Waals surface area contributed by atoms with Crippen molar-refractivity contribution < 1.29 is 14.1 Å². The Labute approximate surface area is 98.9 Å². The number of amides is 2. The van der Waals surface area contributed by atoms with Gasteiger partial charge in [0.1, 0.15) is 6.26 Å². The fraction of sp³-hybridized carbons (Fsp3) is 0.545. The standard InChI is InChI=1S/C11H15N3O3/c1-2-4-14-10(15)6-9(11(14)16)12-7-8-3-5-17-13-8/h3,5,9,12H,2,4,6-7H2,1H3. The molecule has 1 saturated heterocycles. The van der Waals surface area contributed by atoms with Gasteiger partial charge in [0, 0.05) is 19.2 Å². The SMILES string of the molecule is CCCN1C(=O)CC(NCc2ccon2)C1=O. The summed E-state index contributed by atoms with van der Waals surface area (Å²) in [5, 5.41) is 6.75. The number of aromatic nitrogens is 1. The number of carbonyl (C=O) groups excluding carboxylic acids is 2. The molecule has 2 rings (SSSR count). The van der Waals surface area contributed by atoms with Crippen LogP contribution < -0.4 is 5.32 Å². The minimum absolute atomic E-state index is 0.102. The molecule has 1 aliphatic heterocycles. The first-order chi connectivity index (χ1) is 8.22. The normalized spacial score (nSPS) is 20.3. The molecule has 0 bridgehead atoms. The van der Waals surface area contributed by atoms with E-state index in [1.54, 1.807) is 6.07 Å². The van der Waals surface area contributed by atoms with Gasteiger partial charge in [-0.2, -0.15) is 0 Å². The summed E-state index contributed by atoms with van der Waals surface area (Å²) in [6, 6.07) is 1.30. The van der Waals surface area contributed by atoms with E-state index in [9.17, 15) is 9.59 Å². The van der Waals surface area contributed by atoms with Gasteiger partial charge in [0.05, 0.1) is 18.2 Å². The summed E-state index contributed by atoms with van der Waals surface area (Å²) in [4.78, 5) is 24.8. The highest BCUT2D eigenvalue weighted by Gasteiger charge is 2.37. The number of carbonyl (C=O) groups is 2. The zero-order valence-corrected chi connectivity index (χ0v) is 9.68. The Bertz CT molecular complexity index is 402. The number of hydrogen-bond donors (Lipinski definition) is 1. The molecule has 1 N–H and O–H groups in total. The van der Waals surface area contributed by atoms with Crippen LogP contribution in [0.4, 0.5) is 0 Å². The average Bonchev–Trinajstić information content (AvgIpc) is 2.90. The largest absolute Gasteiger partial charge is 0.364 e. The summed E-state index contributed by atoms with van der Waals surface area (Å²) >= 11 is 0. The Morgan fingerprint density at radius 3 is 3.06 bits per heavy atom. The fourth-order valence-corrected chi connectivity index (χ4v) is 1.86. The van der Waals surface area contributed by atoms with Crippen molar-refractivity contribution in [2.24, 2.45) is 0 Å². The summed E-state index contributed by atoms with van der Waals surface area (Å²) in [5.41, 5.74) is 0.721. The first-order valence-corrected chi connectivity index (χ1v) is 5.69. The lowest BCUT2D eigenvalue weighted by Crippen LogP contribution is -2.38. The number of nitrogens with zero attached hydrogens (tertiary/aromatic N) is 2. The summed E-state index contributed by atoms with van der Waals surface area (Å²) in [6.45, 7) is 2.87. The van der Waals surface area contributed by atoms with Crippen LogP contribution in [0.3, 0.4) is 0 Å². The molecule has 0 saturated carbocycles. The molecule has 0 radical (unpaired) electrons. The van der Waals surface area contributed by atoms with Crippen molar-refractivity contribution in [1.29, 1.82) is 0 Å². The Kier molecular flexibility index (Phi) is 3.53. The number of likely N-dealkylation sites (tertiary alicyclic amines) is 1. The predicted molar refractivity (Wildman–Crippen MR) is 58.8 cm³/mol. The van der Waals surface area contributed by atoms with Gasteiger partial charge in [-0.25, -0.2) is 0 Å². The lowest BCUT2D eigenvalue weighted by Gasteiger charge is -2.13. The maximum absolute atomic E-state index is 11.9. The molecule has 0 spiro atoms. The third-order valence-corrected chi connectivity index (χ3v) is 2.71. The van der Waals surface area contributed by atoms with Gasteiger partial charge in [-0.15, -0.1) is 0 Å². The smallest absolute Gasteiger partial charge is 0.246 e. The minimum Gasteiger partial charge on any atom is -0.364 e. The Morgan fingerprint density at radius 2 is 2.41 bits per heavy atom. The van der Waals surface area contributed by atoms with Crippen molar-refractivity contribution in [3.05, 3.63) is 18.0 Å². The first kappa shape index (κ1) is 11.8. The number of rotatable bonds is 5. The third-order valence-electron chi connectivity index (χ3n) is 2.71. The van der Waals surface area contributed by atoms with E-state index in [2.05, 4.69) is 15.0 Å². The van der Waals surface area contributed by atoms with Crippen LogP contribution in [0.25, 0.3) is 0 Å². The van der Waals surface area contributed by atoms with E-state index >= 15 is 0 Å². The van der Waals surface area contributed by atoms with Crippen molar-refractivity contribution in [2.75, 3.05) is 6.54 Å². The molecule has 1 atom stereocenters. The molecule has 1 aromatic rings. The van der Waals surface area contributed by atoms with Gasteiger partial charge < -0.3 is 4.52 Å². The van der Waals surface area contributed by atoms with E-state index < -0.39 is 6.04 Å². The van der Waals surface area contributed by atoms with Crippen LogP contribution in [-0.4, -0.2) is 34.5 Å². The Balaban J connectivity index is 1.90. The number of nitrogens with one attached hydrogen (secondary N) is 1. The number of imide groups is 1. The zero-order valence-electron chi connectivity index (χ0n) is 9.68. The summed E-state index contributed by atoms with van der Waals surface area (Å²) in [5.74, 6) is -0.241. The zero-order chi connectivity index (χ0) is 12.3. The van der Waals surface area contributed by atoms with Crippen LogP contribution in [-0.2, 0) is 16.1 Å². The van der Waals surface area contributed by atoms with Gasteiger partial charge in [0.15, 0.2) is 0 Å². The second-order valence-electron chi connectivity index (χ2n) is 4.01. The highest BCUT2D eigenvalue weighted by molar-refractivity contribution is 6.05. The average molecular weight is 237 g/mol. The molecule has 0 aliphatic carbocycles. The molecule has 2 amide bonds. The lowest BCUT2D eigenvalue weighted by molar-refractivity contribution is -0.138. The molecule has 1 aromatic heterocycles. The monoisotopic (exact) mass is 237 g/mol. The van der Waals surface area contributed by atoms with Gasteiger partial charge in [0.2, 0.25) is 11.8 Å². The highest BCUT2D eigenvalue weighted by Crippen LogP contribution is 2.13. The maximum atomic E-state index is 11.9. The van der Waals surface area contributed by atoms with Crippen LogP contribution in [0.15, 0.2) is 16.9 Å². The van der Waals surface area contributed by atoms with Crippen LogP contribution in [0.1, 0.15) is 25.5 Å². The van der Waals surface area contributed by atoms with E-state index in [0.29, 0.717) is 13.1 Å². The van der Waals surface area contributed by atoms with Crippen molar-refractivity contribution in [3.63, 3.8) is 0 Å². The van der Waals surface area contributed by atoms with Gasteiger partial charge in [-0.05, 0) is 6.42 Å². The van der Waals surface area contributed by atoms with Gasteiger partial charge in [0.25, 0.3) is 0 Å². The molecule has 2 heterocycles. The van der Waals surface area contributed by atoms with Crippen LogP contribution in [0.2, 0.25) is 0 Å². The lowest BCUT2D eigenvalue weighted by atomic mass is 10.2. The van der Waals surface area contributed by atoms with Gasteiger partial charge in [-0.1, -0.05) is 12.1 Å². The number of hydrogen-bond acceptors (Lipinski definition) is 5. The molecule has 6 heteroatoms. The molecule has 1 aliphatic rings. The Morgan fingerprint density at radius 1 is 1.59 bits per heavy atom. The molecule has 0 aromatic carbocycles. The van der Waals surface area contributed by atoms with Crippen LogP contribution in [0.5, 0.6) is 0 Å². The fourth-order valence-electron chi connectivity index (χ4n) is 1.86. The first-order valence-electron chi connectivity index (χ1n) is 5.69. The molecule has 1 unspecified atom stereocenters. The van der Waals surface area contributed by atoms with Gasteiger partial charge in [-0.3, -0.25) is 19.8 Å². The highest BCUT2D eigenvalue weighted by atomic mass is 16.5. The van der Waals surface area contributed by atoms with Crippen molar-refractivity contribution >= 4 is 11.8 Å². The van der Waals surface area contributed by atoms with E-state index in [0.717, 1.165) is 12.1 Å². The molecular formula is C11H15N3O3. The Hall–Kier alpha value is -1.69. The summed E-state index contributed by atoms with van der Waals surface area (Å²) < 4.78 is 4.69. The minimum atomic E-state index is -0.425. The van der Waals surface area contributed by atoms with Gasteiger partial charge >= 0.3 is 0 Å². The molecule has 92 valence electrons. The second-order valence-corrected chi connectivity index (χ2v) is 4.01. The quantitative estimate of drug-likeness (QED) is 0.745. The van der Waals surface area contributed by atoms with Crippen LogP contribution >= 0.6 is 0 Å². The molecular weight excluding hydrogens is 222 g/mol. The predicted octanol–water partition coefficient (Wildman–Crippen LogP) is 0.302. The summed E-state index contributed by atoms with van der Waals surface area (Å²) in [7, 11) is 0. The molecule has 6 nitrogen and oxygen atoms in total.